The van der Waals surface area contributed by atoms with Gasteiger partial charge in [-0.3, -0.25) is 0 Å². The van der Waals surface area contributed by atoms with E-state index in [1.54, 1.807) is 0 Å². The van der Waals surface area contributed by atoms with Crippen molar-refractivity contribution in [2.75, 3.05) is 13.2 Å². The Morgan fingerprint density at radius 2 is 2.14 bits per heavy atom. The molecule has 3 unspecified atom stereocenters. The Labute approximate surface area is 126 Å². The number of urea groups is 1. The van der Waals surface area contributed by atoms with E-state index >= 15 is 0 Å². The fraction of sp³-hybridized carbons (Fsp3) is 0.588. The fourth-order valence-electron chi connectivity index (χ4n) is 2.84. The second-order valence-corrected chi connectivity index (χ2v) is 6.09. The molecule has 116 valence electrons. The first kappa shape index (κ1) is 15.8. The molecule has 2 rings (SSSR count). The summed E-state index contributed by atoms with van der Waals surface area (Å²) in [5, 5.41) is 14.9. The Hall–Kier alpha value is -1.55. The van der Waals surface area contributed by atoms with Gasteiger partial charge in [-0.05, 0) is 43.2 Å². The van der Waals surface area contributed by atoms with Gasteiger partial charge in [-0.25, -0.2) is 4.79 Å². The summed E-state index contributed by atoms with van der Waals surface area (Å²) >= 11 is 0. The van der Waals surface area contributed by atoms with Gasteiger partial charge in [-0.2, -0.15) is 0 Å². The van der Waals surface area contributed by atoms with Crippen molar-refractivity contribution in [3.63, 3.8) is 0 Å². The minimum Gasteiger partial charge on any atom is -0.396 e. The average Bonchev–Trinajstić information content (AvgIpc) is 2.51. The fourth-order valence-corrected chi connectivity index (χ4v) is 2.84. The van der Waals surface area contributed by atoms with Crippen molar-refractivity contribution >= 4 is 6.03 Å². The maximum absolute atomic E-state index is 11.9. The van der Waals surface area contributed by atoms with Crippen molar-refractivity contribution in [2.45, 2.75) is 45.1 Å². The van der Waals surface area contributed by atoms with E-state index in [9.17, 15) is 4.79 Å². The molecule has 1 aromatic carbocycles. The van der Waals surface area contributed by atoms with E-state index in [2.05, 4.69) is 34.9 Å². The lowest BCUT2D eigenvalue weighted by molar-refractivity contribution is 0.200. The summed E-state index contributed by atoms with van der Waals surface area (Å²) < 4.78 is 0. The average molecular weight is 290 g/mol. The van der Waals surface area contributed by atoms with Crippen LogP contribution in [0, 0.1) is 5.92 Å². The highest BCUT2D eigenvalue weighted by atomic mass is 16.3. The molecule has 2 amide bonds. The molecule has 1 aliphatic carbocycles. The summed E-state index contributed by atoms with van der Waals surface area (Å²) in [5.74, 6) is 0.470. The lowest BCUT2D eigenvalue weighted by Gasteiger charge is -2.26. The number of nitrogens with one attached hydrogen (secondary N) is 2. The summed E-state index contributed by atoms with van der Waals surface area (Å²) in [7, 11) is 0. The summed E-state index contributed by atoms with van der Waals surface area (Å²) in [6.45, 7) is 4.58. The van der Waals surface area contributed by atoms with E-state index in [4.69, 9.17) is 5.11 Å². The molecule has 0 saturated carbocycles. The van der Waals surface area contributed by atoms with E-state index in [1.165, 1.54) is 17.5 Å². The summed E-state index contributed by atoms with van der Waals surface area (Å²) in [5.41, 5.74) is 2.79. The van der Waals surface area contributed by atoms with E-state index in [-0.39, 0.29) is 24.6 Å². The van der Waals surface area contributed by atoms with Crippen LogP contribution in [0.3, 0.4) is 0 Å². The van der Waals surface area contributed by atoms with Crippen molar-refractivity contribution in [1.82, 2.24) is 10.6 Å². The van der Waals surface area contributed by atoms with Crippen LogP contribution in [0.1, 0.15) is 43.7 Å². The number of aliphatic hydroxyl groups is 1. The molecule has 0 saturated heterocycles. The van der Waals surface area contributed by atoms with Crippen LogP contribution in [0.5, 0.6) is 0 Å². The Morgan fingerprint density at radius 3 is 2.90 bits per heavy atom. The number of aryl methyl sites for hydroxylation is 1. The van der Waals surface area contributed by atoms with Crippen LogP contribution in [0.4, 0.5) is 4.79 Å². The topological polar surface area (TPSA) is 61.4 Å². The van der Waals surface area contributed by atoms with Gasteiger partial charge < -0.3 is 15.7 Å². The second-order valence-electron chi connectivity index (χ2n) is 6.09. The Morgan fingerprint density at radius 1 is 1.38 bits per heavy atom. The minimum atomic E-state index is -0.147. The van der Waals surface area contributed by atoms with Crippen molar-refractivity contribution in [2.24, 2.45) is 5.92 Å². The maximum Gasteiger partial charge on any atom is 0.315 e. The van der Waals surface area contributed by atoms with Gasteiger partial charge >= 0.3 is 6.03 Å². The van der Waals surface area contributed by atoms with Gasteiger partial charge in [0.05, 0.1) is 0 Å². The molecule has 3 atom stereocenters. The zero-order valence-corrected chi connectivity index (χ0v) is 12.9. The van der Waals surface area contributed by atoms with Gasteiger partial charge in [0.2, 0.25) is 0 Å². The second kappa shape index (κ2) is 7.46. The first-order valence-corrected chi connectivity index (χ1v) is 7.84. The number of carbonyl (C=O) groups is 1. The van der Waals surface area contributed by atoms with Crippen molar-refractivity contribution in [3.05, 3.63) is 35.4 Å². The zero-order valence-electron chi connectivity index (χ0n) is 12.9. The first-order chi connectivity index (χ1) is 10.1. The SMILES string of the molecule is CC(CO)C(C)NC(=O)NCC1CCCc2ccccc21. The van der Waals surface area contributed by atoms with Gasteiger partial charge in [0.1, 0.15) is 0 Å². The minimum absolute atomic E-state index is 0.0337. The summed E-state index contributed by atoms with van der Waals surface area (Å²) in [4.78, 5) is 11.9. The molecule has 0 aromatic heterocycles. The molecule has 0 spiro atoms. The predicted octanol–water partition coefficient (Wildman–Crippen LogP) is 2.42. The third kappa shape index (κ3) is 4.21. The number of hydrogen-bond donors (Lipinski definition) is 3. The predicted molar refractivity (Wildman–Crippen MR) is 84.4 cm³/mol. The van der Waals surface area contributed by atoms with Gasteiger partial charge in [0.25, 0.3) is 0 Å². The van der Waals surface area contributed by atoms with Crippen molar-refractivity contribution in [1.29, 1.82) is 0 Å². The molecule has 0 radical (unpaired) electrons. The van der Waals surface area contributed by atoms with Crippen LogP contribution in [0.25, 0.3) is 0 Å². The lowest BCUT2D eigenvalue weighted by Crippen LogP contribution is -2.45. The van der Waals surface area contributed by atoms with Crippen LogP contribution in [-0.2, 0) is 6.42 Å². The monoisotopic (exact) mass is 290 g/mol. The third-order valence-corrected chi connectivity index (χ3v) is 4.50. The Kier molecular flexibility index (Phi) is 5.62. The molecule has 0 bridgehead atoms. The Balaban J connectivity index is 1.85. The van der Waals surface area contributed by atoms with Crippen LogP contribution >= 0.6 is 0 Å². The highest BCUT2D eigenvalue weighted by molar-refractivity contribution is 5.74. The number of aliphatic hydroxyl groups excluding tert-OH is 1. The standard InChI is InChI=1S/C17H26N2O2/c1-12(11-20)13(2)19-17(21)18-10-15-8-5-7-14-6-3-4-9-16(14)15/h3-4,6,9,12-13,15,20H,5,7-8,10-11H2,1-2H3,(H2,18,19,21). The number of carbonyl (C=O) groups excluding carboxylic acids is 1. The summed E-state index contributed by atoms with van der Waals surface area (Å²) in [6.07, 6.45) is 3.45. The molecule has 1 aliphatic rings. The molecule has 0 heterocycles. The highest BCUT2D eigenvalue weighted by Gasteiger charge is 2.20. The normalized spacial score (nSPS) is 20.2. The Bertz CT molecular complexity index is 476. The number of hydrogen-bond acceptors (Lipinski definition) is 2. The molecule has 0 fully saturated rings. The van der Waals surface area contributed by atoms with Gasteiger partial charge in [0, 0.05) is 25.1 Å². The summed E-state index contributed by atoms with van der Waals surface area (Å²) in [6, 6.07) is 8.34. The molecule has 4 nitrogen and oxygen atoms in total. The molecular formula is C17H26N2O2. The number of rotatable bonds is 5. The molecule has 1 aromatic rings. The molecule has 3 N–H and O–H groups in total. The highest BCUT2D eigenvalue weighted by Crippen LogP contribution is 2.30. The van der Waals surface area contributed by atoms with E-state index in [0.29, 0.717) is 12.5 Å². The van der Waals surface area contributed by atoms with Crippen LogP contribution in [-0.4, -0.2) is 30.3 Å². The van der Waals surface area contributed by atoms with Crippen molar-refractivity contribution < 1.29 is 9.90 Å². The van der Waals surface area contributed by atoms with Gasteiger partial charge in [0.15, 0.2) is 0 Å². The molecule has 0 aliphatic heterocycles. The van der Waals surface area contributed by atoms with Crippen molar-refractivity contribution in [3.8, 4) is 0 Å². The molecule has 21 heavy (non-hydrogen) atoms. The largest absolute Gasteiger partial charge is 0.396 e. The van der Waals surface area contributed by atoms with E-state index in [1.807, 2.05) is 13.8 Å². The van der Waals surface area contributed by atoms with Crippen LogP contribution in [0.2, 0.25) is 0 Å². The molecule has 4 heteroatoms. The maximum atomic E-state index is 11.9. The number of fused-ring (bicyclic) bond motifs is 1. The quantitative estimate of drug-likeness (QED) is 0.780. The molecular weight excluding hydrogens is 264 g/mol. The lowest BCUT2D eigenvalue weighted by atomic mass is 9.83. The van der Waals surface area contributed by atoms with Gasteiger partial charge in [-0.1, -0.05) is 31.2 Å². The third-order valence-electron chi connectivity index (χ3n) is 4.50. The van der Waals surface area contributed by atoms with Gasteiger partial charge in [-0.15, -0.1) is 0 Å². The van der Waals surface area contributed by atoms with E-state index < -0.39 is 0 Å². The van der Waals surface area contributed by atoms with Crippen LogP contribution in [0.15, 0.2) is 24.3 Å². The zero-order chi connectivity index (χ0) is 15.2. The number of benzene rings is 1. The van der Waals surface area contributed by atoms with E-state index in [0.717, 1.165) is 12.8 Å². The first-order valence-electron chi connectivity index (χ1n) is 7.84. The van der Waals surface area contributed by atoms with Crippen LogP contribution < -0.4 is 10.6 Å². The number of amides is 2. The smallest absolute Gasteiger partial charge is 0.315 e.